The average molecular weight is 600 g/mol. The number of hydrogen-bond donors (Lipinski definition) is 4. The summed E-state index contributed by atoms with van der Waals surface area (Å²) in [5.41, 5.74) is 3.98. The number of carbonyl (C=O) groups excluding carboxylic acids is 4. The summed E-state index contributed by atoms with van der Waals surface area (Å²) in [5.74, 6) is -0.408. The van der Waals surface area contributed by atoms with Crippen molar-refractivity contribution in [3.05, 3.63) is 101 Å². The van der Waals surface area contributed by atoms with Crippen LogP contribution in [0.15, 0.2) is 77.3 Å². The van der Waals surface area contributed by atoms with Crippen molar-refractivity contribution in [3.8, 4) is 5.75 Å². The maximum atomic E-state index is 12.8. The Balaban J connectivity index is 1.37. The monoisotopic (exact) mass is 599 g/mol. The normalized spacial score (nSPS) is 11.2. The second-order valence-electron chi connectivity index (χ2n) is 9.90. The van der Waals surface area contributed by atoms with E-state index in [1.807, 2.05) is 25.1 Å². The third-order valence-electron chi connectivity index (χ3n) is 6.63. The number of aryl methyl sites for hydroxylation is 2. The van der Waals surface area contributed by atoms with Crippen LogP contribution >= 0.6 is 0 Å². The molecule has 0 saturated heterocycles. The van der Waals surface area contributed by atoms with Crippen molar-refractivity contribution in [1.29, 1.82) is 0 Å². The highest BCUT2D eigenvalue weighted by Crippen LogP contribution is 2.27. The molecule has 44 heavy (non-hydrogen) atoms. The van der Waals surface area contributed by atoms with E-state index >= 15 is 0 Å². The Bertz CT molecular complexity index is 1650. The summed E-state index contributed by atoms with van der Waals surface area (Å²) in [6.45, 7) is 3.56. The third kappa shape index (κ3) is 8.44. The Hall–Kier alpha value is -5.65. The minimum Gasteiger partial charge on any atom is -0.495 e. The van der Waals surface area contributed by atoms with E-state index in [0.29, 0.717) is 39.7 Å². The van der Waals surface area contributed by atoms with E-state index in [2.05, 4.69) is 26.4 Å². The summed E-state index contributed by atoms with van der Waals surface area (Å²) in [4.78, 5) is 50.0. The van der Waals surface area contributed by atoms with Gasteiger partial charge in [-0.1, -0.05) is 41.6 Å². The van der Waals surface area contributed by atoms with Crippen LogP contribution in [0.4, 0.5) is 21.9 Å². The van der Waals surface area contributed by atoms with Crippen LogP contribution in [0, 0.1) is 13.8 Å². The van der Waals surface area contributed by atoms with Crippen LogP contribution in [0.3, 0.4) is 0 Å². The highest BCUT2D eigenvalue weighted by atomic mass is 16.5. The molecule has 1 aromatic heterocycles. The van der Waals surface area contributed by atoms with Gasteiger partial charge in [-0.2, -0.15) is 0 Å². The number of carbonyl (C=O) groups is 4. The van der Waals surface area contributed by atoms with Gasteiger partial charge in [0.1, 0.15) is 11.5 Å². The summed E-state index contributed by atoms with van der Waals surface area (Å²) in [7, 11) is 2.75. The number of ether oxygens (including phenoxy) is 2. The van der Waals surface area contributed by atoms with Gasteiger partial charge < -0.3 is 35.3 Å². The van der Waals surface area contributed by atoms with E-state index in [0.717, 1.165) is 5.56 Å². The molecule has 0 bridgehead atoms. The molecule has 12 heteroatoms. The van der Waals surface area contributed by atoms with Crippen molar-refractivity contribution in [3.63, 3.8) is 0 Å². The molecule has 0 aliphatic heterocycles. The van der Waals surface area contributed by atoms with Crippen LogP contribution in [0.5, 0.6) is 5.75 Å². The fourth-order valence-electron chi connectivity index (χ4n) is 4.34. The van der Waals surface area contributed by atoms with Gasteiger partial charge in [-0.05, 0) is 60.9 Å². The van der Waals surface area contributed by atoms with E-state index in [9.17, 15) is 19.2 Å². The molecule has 0 unspecified atom stereocenters. The van der Waals surface area contributed by atoms with Crippen molar-refractivity contribution in [2.24, 2.45) is 0 Å². The Morgan fingerprint density at radius 3 is 2.25 bits per heavy atom. The first-order valence-electron chi connectivity index (χ1n) is 13.7. The van der Waals surface area contributed by atoms with E-state index in [1.54, 1.807) is 55.5 Å². The summed E-state index contributed by atoms with van der Waals surface area (Å²) >= 11 is 0. The first-order valence-corrected chi connectivity index (χ1v) is 13.7. The Morgan fingerprint density at radius 2 is 1.59 bits per heavy atom. The lowest BCUT2D eigenvalue weighted by molar-refractivity contribution is -0.141. The van der Waals surface area contributed by atoms with Crippen LogP contribution in [-0.4, -0.2) is 43.2 Å². The van der Waals surface area contributed by atoms with Gasteiger partial charge in [0.15, 0.2) is 5.69 Å². The van der Waals surface area contributed by atoms with Gasteiger partial charge in [-0.3, -0.25) is 14.4 Å². The van der Waals surface area contributed by atoms with Crippen LogP contribution < -0.4 is 26.0 Å². The SMILES string of the molecule is COC(=O)C[C@@H](NC(=O)c1cc(C)on1)c1ccc(NC(=O)Cc2ccc(NC(=O)Nc3ccccc3C)c(OC)c2)cc1. The number of benzene rings is 3. The molecule has 0 saturated carbocycles. The number of amides is 4. The maximum absolute atomic E-state index is 12.8. The molecule has 4 amide bonds. The van der Waals surface area contributed by atoms with Gasteiger partial charge in [0, 0.05) is 17.4 Å². The number of anilines is 3. The van der Waals surface area contributed by atoms with Gasteiger partial charge >= 0.3 is 12.0 Å². The predicted molar refractivity (Wildman–Crippen MR) is 164 cm³/mol. The number of rotatable bonds is 11. The molecular formula is C32H33N5O7. The topological polar surface area (TPSA) is 161 Å². The van der Waals surface area contributed by atoms with Crippen molar-refractivity contribution in [2.45, 2.75) is 32.7 Å². The second kappa shape index (κ2) is 14.5. The van der Waals surface area contributed by atoms with Gasteiger partial charge in [0.2, 0.25) is 5.91 Å². The van der Waals surface area contributed by atoms with Gasteiger partial charge in [-0.25, -0.2) is 4.79 Å². The number of methoxy groups -OCH3 is 2. The average Bonchev–Trinajstić information content (AvgIpc) is 3.45. The Labute approximate surface area is 254 Å². The molecule has 4 aromatic rings. The third-order valence-corrected chi connectivity index (χ3v) is 6.63. The zero-order chi connectivity index (χ0) is 31.6. The van der Waals surface area contributed by atoms with Crippen molar-refractivity contribution >= 4 is 40.9 Å². The molecule has 0 radical (unpaired) electrons. The zero-order valence-corrected chi connectivity index (χ0v) is 24.7. The van der Waals surface area contributed by atoms with Crippen LogP contribution in [0.2, 0.25) is 0 Å². The molecule has 0 fully saturated rings. The Kier molecular flexibility index (Phi) is 10.3. The standard InChI is InChI=1S/C32H33N5O7/c1-19-7-5-6-8-24(19)35-32(41)36-25-14-9-21(16-28(25)42-3)17-29(38)33-23-12-10-22(11-13-23)26(18-30(39)43-4)34-31(40)27-15-20(2)44-37-27/h5-16,26H,17-18H2,1-4H3,(H,33,38)(H,34,40)(H2,35,36,41)/t26-/m1/s1. The molecule has 3 aromatic carbocycles. The van der Waals surface area contributed by atoms with Crippen LogP contribution in [0.25, 0.3) is 0 Å². The first kappa shape index (κ1) is 31.3. The summed E-state index contributed by atoms with van der Waals surface area (Å²) < 4.78 is 15.2. The van der Waals surface area contributed by atoms with Crippen molar-refractivity contribution < 1.29 is 33.2 Å². The van der Waals surface area contributed by atoms with Gasteiger partial charge in [0.25, 0.3) is 5.91 Å². The lowest BCUT2D eigenvalue weighted by Crippen LogP contribution is -2.30. The van der Waals surface area contributed by atoms with E-state index in [-0.39, 0.29) is 24.4 Å². The van der Waals surface area contributed by atoms with E-state index in [4.69, 9.17) is 14.0 Å². The number of hydrogen-bond acceptors (Lipinski definition) is 8. The quantitative estimate of drug-likeness (QED) is 0.172. The molecule has 12 nitrogen and oxygen atoms in total. The lowest BCUT2D eigenvalue weighted by atomic mass is 10.0. The van der Waals surface area contributed by atoms with Crippen molar-refractivity contribution in [1.82, 2.24) is 10.5 Å². The largest absolute Gasteiger partial charge is 0.495 e. The molecule has 0 spiro atoms. The molecule has 1 heterocycles. The second-order valence-corrected chi connectivity index (χ2v) is 9.90. The molecule has 228 valence electrons. The molecule has 0 aliphatic rings. The van der Waals surface area contributed by atoms with E-state index < -0.39 is 23.9 Å². The highest BCUT2D eigenvalue weighted by molar-refractivity contribution is 6.01. The molecular weight excluding hydrogens is 566 g/mol. The fourth-order valence-corrected chi connectivity index (χ4v) is 4.34. The maximum Gasteiger partial charge on any atom is 0.323 e. The number of nitrogens with one attached hydrogen (secondary N) is 4. The minimum absolute atomic E-state index is 0.0476. The Morgan fingerprint density at radius 1 is 0.864 bits per heavy atom. The number of nitrogens with zero attached hydrogens (tertiary/aromatic N) is 1. The molecule has 0 aliphatic carbocycles. The van der Waals surface area contributed by atoms with Gasteiger partial charge in [-0.15, -0.1) is 0 Å². The smallest absolute Gasteiger partial charge is 0.323 e. The lowest BCUT2D eigenvalue weighted by Gasteiger charge is -2.18. The van der Waals surface area contributed by atoms with E-state index in [1.165, 1.54) is 20.3 Å². The molecule has 1 atom stereocenters. The fraction of sp³-hybridized carbons (Fsp3) is 0.219. The highest BCUT2D eigenvalue weighted by Gasteiger charge is 2.22. The van der Waals surface area contributed by atoms with Crippen molar-refractivity contribution in [2.75, 3.05) is 30.2 Å². The van der Waals surface area contributed by atoms with Gasteiger partial charge in [0.05, 0.1) is 38.8 Å². The van der Waals surface area contributed by atoms with Crippen LogP contribution in [-0.2, 0) is 20.7 Å². The zero-order valence-electron chi connectivity index (χ0n) is 24.7. The van der Waals surface area contributed by atoms with Crippen LogP contribution in [0.1, 0.15) is 45.4 Å². The summed E-state index contributed by atoms with van der Waals surface area (Å²) in [5, 5.41) is 14.9. The summed E-state index contributed by atoms with van der Waals surface area (Å²) in [6, 6.07) is 19.6. The summed E-state index contributed by atoms with van der Waals surface area (Å²) in [6.07, 6.45) is -0.0586. The number of aromatic nitrogens is 1. The molecule has 4 N–H and O–H groups in total. The minimum atomic E-state index is -0.699. The number of esters is 1. The first-order chi connectivity index (χ1) is 21.1. The number of para-hydroxylation sites is 1. The predicted octanol–water partition coefficient (Wildman–Crippen LogP) is 5.16. The number of urea groups is 1. The molecule has 4 rings (SSSR count).